The molecule has 7 heteroatoms. The molecular formula is C14H19N5OS. The van der Waals surface area contributed by atoms with E-state index in [-0.39, 0.29) is 0 Å². The lowest BCUT2D eigenvalue weighted by Crippen LogP contribution is -2.22. The summed E-state index contributed by atoms with van der Waals surface area (Å²) in [6, 6.07) is 8.79. The lowest BCUT2D eigenvalue weighted by atomic mass is 10.2. The minimum Gasteiger partial charge on any atom is -0.497 e. The second kappa shape index (κ2) is 6.91. The molecule has 0 unspecified atom stereocenters. The van der Waals surface area contributed by atoms with Crippen molar-refractivity contribution in [3.05, 3.63) is 29.8 Å². The van der Waals surface area contributed by atoms with Gasteiger partial charge in [-0.3, -0.25) is 0 Å². The number of rotatable bonds is 8. The molecule has 1 heterocycles. The van der Waals surface area contributed by atoms with Crippen LogP contribution in [-0.2, 0) is 12.3 Å². The minimum absolute atomic E-state index is 0.719. The number of nitrogens with one attached hydrogen (secondary N) is 1. The summed E-state index contributed by atoms with van der Waals surface area (Å²) >= 11 is 1.65. The van der Waals surface area contributed by atoms with Crippen LogP contribution in [0.15, 0.2) is 29.4 Å². The van der Waals surface area contributed by atoms with E-state index in [2.05, 4.69) is 33.0 Å². The number of methoxy groups -OCH3 is 1. The van der Waals surface area contributed by atoms with Crippen LogP contribution >= 0.6 is 11.8 Å². The summed E-state index contributed by atoms with van der Waals surface area (Å²) in [4.78, 5) is 0. The molecule has 6 nitrogen and oxygen atoms in total. The van der Waals surface area contributed by atoms with E-state index in [1.165, 1.54) is 18.4 Å². The molecule has 3 rings (SSSR count). The van der Waals surface area contributed by atoms with Gasteiger partial charge in [-0.15, -0.1) is 5.10 Å². The molecule has 1 saturated carbocycles. The molecule has 0 aliphatic heterocycles. The molecule has 1 N–H and O–H groups in total. The largest absolute Gasteiger partial charge is 0.497 e. The maximum absolute atomic E-state index is 5.16. The smallest absolute Gasteiger partial charge is 0.209 e. The van der Waals surface area contributed by atoms with Crippen molar-refractivity contribution in [3.8, 4) is 5.75 Å². The third-order valence-electron chi connectivity index (χ3n) is 3.36. The van der Waals surface area contributed by atoms with Gasteiger partial charge < -0.3 is 10.1 Å². The van der Waals surface area contributed by atoms with Crippen molar-refractivity contribution in [1.29, 1.82) is 0 Å². The monoisotopic (exact) mass is 305 g/mol. The molecule has 1 aromatic carbocycles. The number of nitrogens with zero attached hydrogens (tertiary/aromatic N) is 4. The molecule has 0 spiro atoms. The van der Waals surface area contributed by atoms with Gasteiger partial charge in [0.05, 0.1) is 13.7 Å². The Balaban J connectivity index is 1.50. The van der Waals surface area contributed by atoms with E-state index in [1.807, 2.05) is 16.8 Å². The number of hydrogen-bond donors (Lipinski definition) is 1. The normalized spacial score (nSPS) is 14.3. The molecule has 1 aromatic heterocycles. The highest BCUT2D eigenvalue weighted by Crippen LogP contribution is 2.22. The maximum atomic E-state index is 5.16. The summed E-state index contributed by atoms with van der Waals surface area (Å²) in [6.07, 6.45) is 2.60. The highest BCUT2D eigenvalue weighted by molar-refractivity contribution is 7.98. The van der Waals surface area contributed by atoms with Gasteiger partial charge in [0, 0.05) is 18.3 Å². The van der Waals surface area contributed by atoms with E-state index in [9.17, 15) is 0 Å². The van der Waals surface area contributed by atoms with E-state index in [1.54, 1.807) is 18.9 Å². The Morgan fingerprint density at radius 1 is 1.33 bits per heavy atom. The van der Waals surface area contributed by atoms with Crippen molar-refractivity contribution < 1.29 is 4.74 Å². The summed E-state index contributed by atoms with van der Waals surface area (Å²) in [5, 5.41) is 16.2. The third kappa shape index (κ3) is 4.18. The average Bonchev–Trinajstić information content (AvgIpc) is 3.24. The van der Waals surface area contributed by atoms with Gasteiger partial charge in [-0.2, -0.15) is 0 Å². The fraction of sp³-hybridized carbons (Fsp3) is 0.500. The molecule has 0 saturated heterocycles. The molecule has 0 radical (unpaired) electrons. The standard InChI is InChI=1S/C14H19N5OS/c1-20-13-6-2-11(3-7-13)10-21-14-16-17-18-19(14)9-8-15-12-4-5-12/h2-3,6-7,12,15H,4-5,8-10H2,1H3. The Labute approximate surface area is 128 Å². The third-order valence-corrected chi connectivity index (χ3v) is 4.39. The Kier molecular flexibility index (Phi) is 4.72. The van der Waals surface area contributed by atoms with Gasteiger partial charge in [0.2, 0.25) is 5.16 Å². The van der Waals surface area contributed by atoms with Crippen LogP contribution in [0, 0.1) is 0 Å². The molecule has 1 fully saturated rings. The first-order valence-corrected chi connectivity index (χ1v) is 8.09. The van der Waals surface area contributed by atoms with Crippen molar-refractivity contribution in [2.24, 2.45) is 0 Å². The number of ether oxygens (including phenoxy) is 1. The zero-order valence-electron chi connectivity index (χ0n) is 12.0. The van der Waals surface area contributed by atoms with Gasteiger partial charge in [0.15, 0.2) is 0 Å². The predicted octanol–water partition coefficient (Wildman–Crippen LogP) is 1.73. The topological polar surface area (TPSA) is 64.9 Å². The van der Waals surface area contributed by atoms with Crippen LogP contribution < -0.4 is 10.1 Å². The van der Waals surface area contributed by atoms with E-state index >= 15 is 0 Å². The lowest BCUT2D eigenvalue weighted by molar-refractivity contribution is 0.414. The molecule has 112 valence electrons. The SMILES string of the molecule is COc1ccc(CSc2nnnn2CCNC2CC2)cc1. The lowest BCUT2D eigenvalue weighted by Gasteiger charge is -2.06. The van der Waals surface area contributed by atoms with Gasteiger partial charge >= 0.3 is 0 Å². The minimum atomic E-state index is 0.719. The molecule has 21 heavy (non-hydrogen) atoms. The quantitative estimate of drug-likeness (QED) is 0.749. The average molecular weight is 305 g/mol. The van der Waals surface area contributed by atoms with E-state index < -0.39 is 0 Å². The highest BCUT2D eigenvalue weighted by atomic mass is 32.2. The van der Waals surface area contributed by atoms with Gasteiger partial charge in [-0.1, -0.05) is 23.9 Å². The van der Waals surface area contributed by atoms with Gasteiger partial charge in [-0.25, -0.2) is 4.68 Å². The first-order chi connectivity index (χ1) is 10.3. The van der Waals surface area contributed by atoms with E-state index in [4.69, 9.17) is 4.74 Å². The Bertz CT molecular complexity index is 567. The molecule has 1 aliphatic carbocycles. The first-order valence-electron chi connectivity index (χ1n) is 7.10. The Hall–Kier alpha value is -1.60. The second-order valence-electron chi connectivity index (χ2n) is 5.05. The predicted molar refractivity (Wildman–Crippen MR) is 81.4 cm³/mol. The Morgan fingerprint density at radius 2 is 2.14 bits per heavy atom. The van der Waals surface area contributed by atoms with Crippen molar-refractivity contribution in [1.82, 2.24) is 25.5 Å². The van der Waals surface area contributed by atoms with Crippen molar-refractivity contribution in [2.45, 2.75) is 36.3 Å². The second-order valence-corrected chi connectivity index (χ2v) is 5.99. The number of aromatic nitrogens is 4. The summed E-state index contributed by atoms with van der Waals surface area (Å²) < 4.78 is 7.02. The molecule has 0 atom stereocenters. The number of thioether (sulfide) groups is 1. The molecule has 0 bridgehead atoms. The molecule has 1 aliphatic rings. The van der Waals surface area contributed by atoms with Crippen molar-refractivity contribution >= 4 is 11.8 Å². The van der Waals surface area contributed by atoms with Crippen LogP contribution in [0.4, 0.5) is 0 Å². The zero-order valence-corrected chi connectivity index (χ0v) is 12.8. The van der Waals surface area contributed by atoms with Gasteiger partial charge in [0.1, 0.15) is 5.75 Å². The number of tetrazole rings is 1. The summed E-state index contributed by atoms with van der Waals surface area (Å²) in [5.74, 6) is 1.72. The molecular weight excluding hydrogens is 286 g/mol. The van der Waals surface area contributed by atoms with Gasteiger partial charge in [-0.05, 0) is 41.0 Å². The van der Waals surface area contributed by atoms with Crippen LogP contribution in [0.25, 0.3) is 0 Å². The zero-order chi connectivity index (χ0) is 14.5. The fourth-order valence-electron chi connectivity index (χ4n) is 1.97. The first kappa shape index (κ1) is 14.3. The van der Waals surface area contributed by atoms with Crippen LogP contribution in [-0.4, -0.2) is 39.9 Å². The summed E-state index contributed by atoms with van der Waals surface area (Å²) in [5.41, 5.74) is 1.23. The van der Waals surface area contributed by atoms with Crippen molar-refractivity contribution in [3.63, 3.8) is 0 Å². The van der Waals surface area contributed by atoms with E-state index in [0.717, 1.165) is 35.8 Å². The van der Waals surface area contributed by atoms with Crippen LogP contribution in [0.5, 0.6) is 5.75 Å². The fourth-order valence-corrected chi connectivity index (χ4v) is 2.83. The van der Waals surface area contributed by atoms with Gasteiger partial charge in [0.25, 0.3) is 0 Å². The number of benzene rings is 1. The van der Waals surface area contributed by atoms with Crippen LogP contribution in [0.1, 0.15) is 18.4 Å². The van der Waals surface area contributed by atoms with Crippen LogP contribution in [0.2, 0.25) is 0 Å². The highest BCUT2D eigenvalue weighted by Gasteiger charge is 2.20. The Morgan fingerprint density at radius 3 is 2.86 bits per heavy atom. The van der Waals surface area contributed by atoms with E-state index in [0.29, 0.717) is 0 Å². The summed E-state index contributed by atoms with van der Waals surface area (Å²) in [6.45, 7) is 1.74. The molecule has 0 amide bonds. The molecule has 2 aromatic rings. The summed E-state index contributed by atoms with van der Waals surface area (Å²) in [7, 11) is 1.67. The maximum Gasteiger partial charge on any atom is 0.209 e. The number of hydrogen-bond acceptors (Lipinski definition) is 6. The van der Waals surface area contributed by atoms with Crippen LogP contribution in [0.3, 0.4) is 0 Å². The van der Waals surface area contributed by atoms with Crippen molar-refractivity contribution in [2.75, 3.05) is 13.7 Å².